The molecule has 0 radical (unpaired) electrons. The summed E-state index contributed by atoms with van der Waals surface area (Å²) < 4.78 is 62.8. The Morgan fingerprint density at radius 3 is 2.12 bits per heavy atom. The van der Waals surface area contributed by atoms with Gasteiger partial charge in [-0.25, -0.2) is 13.4 Å². The Morgan fingerprint density at radius 2 is 1.62 bits per heavy atom. The fraction of sp³-hybridized carbons (Fsp3) is 0.500. The molecular formula is C18H21F3N2O2S. The van der Waals surface area contributed by atoms with Gasteiger partial charge in [0.15, 0.2) is 9.84 Å². The summed E-state index contributed by atoms with van der Waals surface area (Å²) in [7, 11) is -3.36. The number of hydrogen-bond donors (Lipinski definition) is 1. The van der Waals surface area contributed by atoms with E-state index in [9.17, 15) is 21.6 Å². The summed E-state index contributed by atoms with van der Waals surface area (Å²) in [5, 5.41) is 0. The van der Waals surface area contributed by atoms with Crippen LogP contribution < -0.4 is 0 Å². The van der Waals surface area contributed by atoms with E-state index in [1.165, 1.54) is 24.3 Å². The molecule has 1 fully saturated rings. The van der Waals surface area contributed by atoms with Crippen LogP contribution in [0.2, 0.25) is 0 Å². The van der Waals surface area contributed by atoms with Crippen LogP contribution in [0.3, 0.4) is 0 Å². The van der Waals surface area contributed by atoms with E-state index in [4.69, 9.17) is 0 Å². The molecule has 8 heteroatoms. The number of halogens is 3. The van der Waals surface area contributed by atoms with Crippen molar-refractivity contribution >= 4 is 9.84 Å². The second-order valence-electron chi connectivity index (χ2n) is 6.83. The van der Waals surface area contributed by atoms with E-state index >= 15 is 0 Å². The predicted octanol–water partition coefficient (Wildman–Crippen LogP) is 4.94. The van der Waals surface area contributed by atoms with E-state index in [-0.39, 0.29) is 16.5 Å². The van der Waals surface area contributed by atoms with Crippen LogP contribution in [0.15, 0.2) is 29.2 Å². The van der Waals surface area contributed by atoms with Crippen molar-refractivity contribution in [3.05, 3.63) is 35.8 Å². The highest BCUT2D eigenvalue weighted by Gasteiger charge is 2.37. The molecule has 0 unspecified atom stereocenters. The number of benzene rings is 1. The number of rotatable bonds is 3. The SMILES string of the molecule is CS(=O)(=O)c1ccc(-c2nc(C(F)(F)F)[nH]c2C2CCCCCC2)cc1. The highest BCUT2D eigenvalue weighted by atomic mass is 32.2. The molecule has 0 aliphatic heterocycles. The Bertz CT molecular complexity index is 863. The number of sulfone groups is 1. The lowest BCUT2D eigenvalue weighted by atomic mass is 9.93. The van der Waals surface area contributed by atoms with Gasteiger partial charge in [-0.05, 0) is 25.0 Å². The van der Waals surface area contributed by atoms with E-state index in [2.05, 4.69) is 9.97 Å². The fourth-order valence-electron chi connectivity index (χ4n) is 3.46. The Hall–Kier alpha value is -1.83. The van der Waals surface area contributed by atoms with E-state index in [1.807, 2.05) is 0 Å². The third kappa shape index (κ3) is 4.11. The van der Waals surface area contributed by atoms with Crippen molar-refractivity contribution in [1.82, 2.24) is 9.97 Å². The second kappa shape index (κ2) is 7.06. The van der Waals surface area contributed by atoms with E-state index in [0.29, 0.717) is 11.3 Å². The average molecular weight is 386 g/mol. The van der Waals surface area contributed by atoms with Crippen LogP contribution in [-0.2, 0) is 16.0 Å². The maximum absolute atomic E-state index is 13.2. The summed E-state index contributed by atoms with van der Waals surface area (Å²) in [5.74, 6) is -0.996. The molecule has 0 spiro atoms. The molecule has 1 aromatic carbocycles. The number of nitrogens with zero attached hydrogens (tertiary/aromatic N) is 1. The van der Waals surface area contributed by atoms with Gasteiger partial charge >= 0.3 is 6.18 Å². The first-order valence-corrected chi connectivity index (χ1v) is 10.5. The number of nitrogens with one attached hydrogen (secondary N) is 1. The van der Waals surface area contributed by atoms with Gasteiger partial charge in [0.05, 0.1) is 10.6 Å². The number of H-pyrrole nitrogens is 1. The molecule has 26 heavy (non-hydrogen) atoms. The lowest BCUT2D eigenvalue weighted by molar-refractivity contribution is -0.144. The van der Waals surface area contributed by atoms with Gasteiger partial charge < -0.3 is 4.98 Å². The zero-order valence-corrected chi connectivity index (χ0v) is 15.3. The molecule has 0 saturated heterocycles. The van der Waals surface area contributed by atoms with E-state index in [0.717, 1.165) is 44.8 Å². The molecule has 4 nitrogen and oxygen atoms in total. The van der Waals surface area contributed by atoms with E-state index in [1.54, 1.807) is 0 Å². The lowest BCUT2D eigenvalue weighted by Crippen LogP contribution is -2.08. The van der Waals surface area contributed by atoms with Crippen LogP contribution in [0.4, 0.5) is 13.2 Å². The van der Waals surface area contributed by atoms with Crippen molar-refractivity contribution in [3.8, 4) is 11.3 Å². The van der Waals surface area contributed by atoms with Gasteiger partial charge in [0.25, 0.3) is 0 Å². The van der Waals surface area contributed by atoms with E-state index < -0.39 is 21.8 Å². The molecule has 1 aliphatic rings. The van der Waals surface area contributed by atoms with Crippen LogP contribution in [0.5, 0.6) is 0 Å². The average Bonchev–Trinajstić information content (AvgIpc) is 2.84. The molecule has 1 saturated carbocycles. The monoisotopic (exact) mass is 386 g/mol. The van der Waals surface area contributed by atoms with Crippen molar-refractivity contribution in [2.75, 3.05) is 6.26 Å². The minimum absolute atomic E-state index is 0.00526. The zero-order valence-electron chi connectivity index (χ0n) is 14.4. The Kier molecular flexibility index (Phi) is 5.14. The smallest absolute Gasteiger partial charge is 0.337 e. The van der Waals surface area contributed by atoms with Gasteiger partial charge in [-0.2, -0.15) is 13.2 Å². The molecule has 0 atom stereocenters. The highest BCUT2D eigenvalue weighted by Crippen LogP contribution is 2.39. The maximum Gasteiger partial charge on any atom is 0.449 e. The van der Waals surface area contributed by atoms with Gasteiger partial charge in [0.1, 0.15) is 0 Å². The molecular weight excluding hydrogens is 365 g/mol. The van der Waals surface area contributed by atoms with Crippen LogP contribution in [0.25, 0.3) is 11.3 Å². The quantitative estimate of drug-likeness (QED) is 0.760. The zero-order chi connectivity index (χ0) is 18.9. The first-order valence-electron chi connectivity index (χ1n) is 8.64. The van der Waals surface area contributed by atoms with Crippen molar-refractivity contribution < 1.29 is 21.6 Å². The molecule has 1 aromatic heterocycles. The standard InChI is InChI=1S/C18H21F3N2O2S/c1-26(24,25)14-10-8-13(9-11-14)16-15(12-6-4-2-3-5-7-12)22-17(23-16)18(19,20)21/h8-12H,2-7H2,1H3,(H,22,23). The second-order valence-corrected chi connectivity index (χ2v) is 8.85. The summed E-state index contributed by atoms with van der Waals surface area (Å²) in [4.78, 5) is 6.46. The van der Waals surface area contributed by atoms with Gasteiger partial charge in [-0.3, -0.25) is 0 Å². The Balaban J connectivity index is 2.05. The number of aromatic amines is 1. The first kappa shape index (κ1) is 18.9. The van der Waals surface area contributed by atoms with Crippen LogP contribution in [0.1, 0.15) is 56.0 Å². The fourth-order valence-corrected chi connectivity index (χ4v) is 4.09. The number of aromatic nitrogens is 2. The van der Waals surface area contributed by atoms with Gasteiger partial charge in [-0.15, -0.1) is 0 Å². The van der Waals surface area contributed by atoms with Crippen LogP contribution in [0, 0.1) is 0 Å². The summed E-state index contributed by atoms with van der Waals surface area (Å²) in [6, 6.07) is 5.85. The van der Waals surface area contributed by atoms with Crippen LogP contribution >= 0.6 is 0 Å². The lowest BCUT2D eigenvalue weighted by Gasteiger charge is -2.14. The molecule has 0 amide bonds. The normalized spacial score (nSPS) is 17.2. The largest absolute Gasteiger partial charge is 0.449 e. The topological polar surface area (TPSA) is 62.8 Å². The van der Waals surface area contributed by atoms with Crippen LogP contribution in [-0.4, -0.2) is 24.6 Å². The minimum atomic E-state index is -4.55. The summed E-state index contributed by atoms with van der Waals surface area (Å²) in [6.07, 6.45) is 2.35. The molecule has 2 aromatic rings. The summed E-state index contributed by atoms with van der Waals surface area (Å²) >= 11 is 0. The third-order valence-electron chi connectivity index (χ3n) is 4.82. The van der Waals surface area contributed by atoms with Crippen molar-refractivity contribution in [3.63, 3.8) is 0 Å². The molecule has 142 valence electrons. The Labute approximate surface area is 150 Å². The number of alkyl halides is 3. The molecule has 0 bridgehead atoms. The molecule has 1 aliphatic carbocycles. The van der Waals surface area contributed by atoms with Crippen molar-refractivity contribution in [2.45, 2.75) is 55.5 Å². The predicted molar refractivity (Wildman–Crippen MR) is 92.6 cm³/mol. The minimum Gasteiger partial charge on any atom is -0.337 e. The summed E-state index contributed by atoms with van der Waals surface area (Å²) in [5.41, 5.74) is 1.26. The van der Waals surface area contributed by atoms with Gasteiger partial charge in [0.2, 0.25) is 5.82 Å². The molecule has 1 N–H and O–H groups in total. The maximum atomic E-state index is 13.2. The summed E-state index contributed by atoms with van der Waals surface area (Å²) in [6.45, 7) is 0. The number of hydrogen-bond acceptors (Lipinski definition) is 3. The molecule has 3 rings (SSSR count). The highest BCUT2D eigenvalue weighted by molar-refractivity contribution is 7.90. The van der Waals surface area contributed by atoms with Gasteiger partial charge in [0, 0.05) is 23.4 Å². The third-order valence-corrected chi connectivity index (χ3v) is 5.95. The molecule has 1 heterocycles. The first-order chi connectivity index (χ1) is 12.2. The Morgan fingerprint density at radius 1 is 1.04 bits per heavy atom. The van der Waals surface area contributed by atoms with Crippen molar-refractivity contribution in [1.29, 1.82) is 0 Å². The van der Waals surface area contributed by atoms with Gasteiger partial charge in [-0.1, -0.05) is 37.8 Å². The van der Waals surface area contributed by atoms with Crippen molar-refractivity contribution in [2.24, 2.45) is 0 Å². The number of imidazole rings is 1.